The minimum Gasteiger partial charge on any atom is -0.327 e. The number of amides is 2. The number of hydrogen-bond acceptors (Lipinski definition) is 4. The molecule has 0 spiro atoms. The number of rotatable bonds is 10. The summed E-state index contributed by atoms with van der Waals surface area (Å²) >= 11 is 7.84. The molecule has 0 fully saturated rings. The highest BCUT2D eigenvalue weighted by molar-refractivity contribution is 8.00. The van der Waals surface area contributed by atoms with Crippen molar-refractivity contribution in [1.29, 1.82) is 0 Å². The third-order valence-electron chi connectivity index (χ3n) is 4.21. The molecule has 0 atom stereocenters. The van der Waals surface area contributed by atoms with E-state index < -0.39 is 0 Å². The van der Waals surface area contributed by atoms with Crippen molar-refractivity contribution in [1.82, 2.24) is 0 Å². The second-order valence-electron chi connectivity index (χ2n) is 6.29. The zero-order valence-electron chi connectivity index (χ0n) is 16.4. The number of carbonyl (C=O) groups excluding carboxylic acids is 2. The van der Waals surface area contributed by atoms with Gasteiger partial charge in [-0.05, 0) is 74.2 Å². The molecule has 0 saturated heterocycles. The van der Waals surface area contributed by atoms with E-state index in [1.54, 1.807) is 18.2 Å². The first-order valence-corrected chi connectivity index (χ1v) is 10.6. The van der Waals surface area contributed by atoms with E-state index in [0.717, 1.165) is 23.5 Å². The molecule has 0 aliphatic rings. The van der Waals surface area contributed by atoms with Gasteiger partial charge in [0, 0.05) is 29.2 Å². The molecule has 0 unspecified atom stereocenters. The lowest BCUT2D eigenvalue weighted by atomic mass is 10.1. The van der Waals surface area contributed by atoms with Crippen molar-refractivity contribution in [2.75, 3.05) is 27.2 Å². The first-order valence-electron chi connectivity index (χ1n) is 9.32. The van der Waals surface area contributed by atoms with Crippen molar-refractivity contribution in [3.63, 3.8) is 0 Å². The van der Waals surface area contributed by atoms with Crippen LogP contribution in [0.5, 0.6) is 0 Å². The van der Waals surface area contributed by atoms with Crippen LogP contribution in [0.4, 0.5) is 17.1 Å². The molecule has 0 aliphatic carbocycles. The van der Waals surface area contributed by atoms with Gasteiger partial charge in [-0.2, -0.15) is 0 Å². The fourth-order valence-corrected chi connectivity index (χ4v) is 3.96. The van der Waals surface area contributed by atoms with Gasteiger partial charge in [-0.25, -0.2) is 0 Å². The molecule has 2 rings (SSSR count). The molecule has 5 nitrogen and oxygen atoms in total. The molecule has 0 heterocycles. The number of anilines is 3. The van der Waals surface area contributed by atoms with Crippen LogP contribution < -0.4 is 14.9 Å². The van der Waals surface area contributed by atoms with Crippen LogP contribution in [0.15, 0.2) is 36.4 Å². The summed E-state index contributed by atoms with van der Waals surface area (Å²) in [6, 6.07) is 10.8. The van der Waals surface area contributed by atoms with Crippen LogP contribution in [-0.2, 0) is 4.79 Å². The fourth-order valence-electron chi connectivity index (χ4n) is 2.70. The Balaban J connectivity index is 2.13. The maximum absolute atomic E-state index is 12.7. The van der Waals surface area contributed by atoms with Crippen LogP contribution in [0.25, 0.3) is 0 Å². The molecule has 150 valence electrons. The highest BCUT2D eigenvalue weighted by atomic mass is 35.5. The molecular formula is C21H26ClN3O2S. The van der Waals surface area contributed by atoms with Gasteiger partial charge in [-0.1, -0.05) is 24.9 Å². The van der Waals surface area contributed by atoms with Crippen molar-refractivity contribution in [2.45, 2.75) is 33.6 Å². The molecule has 28 heavy (non-hydrogen) atoms. The Labute approximate surface area is 176 Å². The monoisotopic (exact) mass is 419 g/mol. The average molecular weight is 420 g/mol. The van der Waals surface area contributed by atoms with Gasteiger partial charge in [0.15, 0.2) is 0 Å². The standard InChI is InChI=1S/C21H26ClN3O2S/c1-4-6-11-28-25(5-2)17-8-9-18(15(3)12-17)21(27)24-16-7-10-19(22)20(13-16)23-14-26/h7-10,12-14H,4-6,11H2,1-3H3,(H,23,26)(H,24,27). The van der Waals surface area contributed by atoms with Gasteiger partial charge in [-0.3, -0.25) is 9.59 Å². The van der Waals surface area contributed by atoms with E-state index in [-0.39, 0.29) is 5.91 Å². The van der Waals surface area contributed by atoms with Crippen LogP contribution in [0, 0.1) is 6.92 Å². The summed E-state index contributed by atoms with van der Waals surface area (Å²) in [7, 11) is 0. The predicted molar refractivity (Wildman–Crippen MR) is 121 cm³/mol. The molecule has 0 aliphatic heterocycles. The van der Waals surface area contributed by atoms with Gasteiger partial charge >= 0.3 is 0 Å². The van der Waals surface area contributed by atoms with Gasteiger partial charge in [0.1, 0.15) is 0 Å². The van der Waals surface area contributed by atoms with E-state index >= 15 is 0 Å². The van der Waals surface area contributed by atoms with Crippen molar-refractivity contribution in [2.24, 2.45) is 0 Å². The third kappa shape index (κ3) is 5.91. The number of unbranched alkanes of at least 4 members (excludes halogenated alkanes) is 1. The number of carbonyl (C=O) groups is 2. The highest BCUT2D eigenvalue weighted by Crippen LogP contribution is 2.28. The molecule has 2 aromatic carbocycles. The quantitative estimate of drug-likeness (QED) is 0.292. The van der Waals surface area contributed by atoms with E-state index in [9.17, 15) is 9.59 Å². The minimum atomic E-state index is -0.204. The van der Waals surface area contributed by atoms with E-state index in [1.807, 2.05) is 37.1 Å². The molecule has 2 aromatic rings. The topological polar surface area (TPSA) is 61.4 Å². The maximum Gasteiger partial charge on any atom is 0.255 e. The largest absolute Gasteiger partial charge is 0.327 e. The van der Waals surface area contributed by atoms with E-state index in [0.29, 0.717) is 28.4 Å². The Bertz CT molecular complexity index is 829. The molecule has 7 heteroatoms. The van der Waals surface area contributed by atoms with Gasteiger partial charge in [-0.15, -0.1) is 0 Å². The SMILES string of the molecule is CCCCSN(CC)c1ccc(C(=O)Nc2ccc(Cl)c(NC=O)c2)c(C)c1. The van der Waals surface area contributed by atoms with Gasteiger partial charge in [0.25, 0.3) is 5.91 Å². The first kappa shape index (κ1) is 22.1. The highest BCUT2D eigenvalue weighted by Gasteiger charge is 2.13. The Morgan fingerprint density at radius 2 is 2.00 bits per heavy atom. The Hall–Kier alpha value is -2.18. The molecule has 2 amide bonds. The molecule has 0 radical (unpaired) electrons. The number of halogens is 1. The second kappa shape index (κ2) is 11.0. The van der Waals surface area contributed by atoms with Crippen LogP contribution in [0.1, 0.15) is 42.6 Å². The summed E-state index contributed by atoms with van der Waals surface area (Å²) in [5, 5.41) is 5.78. The third-order valence-corrected chi connectivity index (χ3v) is 5.80. The summed E-state index contributed by atoms with van der Waals surface area (Å²) in [6.45, 7) is 7.15. The molecular weight excluding hydrogens is 394 g/mol. The molecule has 2 N–H and O–H groups in total. The number of nitrogens with one attached hydrogen (secondary N) is 2. The minimum absolute atomic E-state index is 0.204. The normalized spacial score (nSPS) is 10.4. The summed E-state index contributed by atoms with van der Waals surface area (Å²) in [5.41, 5.74) is 3.63. The molecule has 0 saturated carbocycles. The van der Waals surface area contributed by atoms with Crippen LogP contribution >= 0.6 is 23.5 Å². The van der Waals surface area contributed by atoms with E-state index in [1.165, 1.54) is 12.8 Å². The average Bonchev–Trinajstić information content (AvgIpc) is 2.68. The molecule has 0 aromatic heterocycles. The summed E-state index contributed by atoms with van der Waals surface area (Å²) in [4.78, 5) is 23.4. The van der Waals surface area contributed by atoms with Crippen LogP contribution in [0.3, 0.4) is 0 Å². The van der Waals surface area contributed by atoms with Crippen molar-refractivity contribution >= 4 is 52.9 Å². The summed E-state index contributed by atoms with van der Waals surface area (Å²) in [5.74, 6) is 0.879. The molecule has 0 bridgehead atoms. The van der Waals surface area contributed by atoms with Crippen LogP contribution in [-0.4, -0.2) is 24.6 Å². The fraction of sp³-hybridized carbons (Fsp3) is 0.333. The van der Waals surface area contributed by atoms with Crippen LogP contribution in [0.2, 0.25) is 5.02 Å². The lowest BCUT2D eigenvalue weighted by molar-refractivity contribution is -0.105. The Kier molecular flexibility index (Phi) is 8.67. The summed E-state index contributed by atoms with van der Waals surface area (Å²) < 4.78 is 2.25. The van der Waals surface area contributed by atoms with Crippen molar-refractivity contribution < 1.29 is 9.59 Å². The number of hydrogen-bond donors (Lipinski definition) is 2. The zero-order valence-corrected chi connectivity index (χ0v) is 18.0. The maximum atomic E-state index is 12.7. The smallest absolute Gasteiger partial charge is 0.255 e. The Morgan fingerprint density at radius 1 is 1.21 bits per heavy atom. The first-order chi connectivity index (χ1) is 13.5. The van der Waals surface area contributed by atoms with E-state index in [2.05, 4.69) is 28.8 Å². The van der Waals surface area contributed by atoms with Gasteiger partial charge in [0.05, 0.1) is 10.7 Å². The number of benzene rings is 2. The lowest BCUT2D eigenvalue weighted by Crippen LogP contribution is -2.16. The number of aryl methyl sites for hydroxylation is 1. The number of nitrogens with zero attached hydrogens (tertiary/aromatic N) is 1. The van der Waals surface area contributed by atoms with E-state index in [4.69, 9.17) is 11.6 Å². The van der Waals surface area contributed by atoms with Gasteiger partial charge < -0.3 is 14.9 Å². The summed E-state index contributed by atoms with van der Waals surface area (Å²) in [6.07, 6.45) is 2.91. The zero-order chi connectivity index (χ0) is 20.5. The second-order valence-corrected chi connectivity index (χ2v) is 7.81. The Morgan fingerprint density at radius 3 is 2.64 bits per heavy atom. The lowest BCUT2D eigenvalue weighted by Gasteiger charge is -2.22. The predicted octanol–water partition coefficient (Wildman–Crippen LogP) is 5.74. The van der Waals surface area contributed by atoms with Gasteiger partial charge in [0.2, 0.25) is 6.41 Å². The van der Waals surface area contributed by atoms with Crippen molar-refractivity contribution in [3.8, 4) is 0 Å². The van der Waals surface area contributed by atoms with Crippen molar-refractivity contribution in [3.05, 3.63) is 52.5 Å².